The first-order valence-electron chi connectivity index (χ1n) is 5.38. The summed E-state index contributed by atoms with van der Waals surface area (Å²) in [6, 6.07) is 4.98. The Morgan fingerprint density at radius 3 is 2.94 bits per heavy atom. The van der Waals surface area contributed by atoms with Gasteiger partial charge in [-0.25, -0.2) is 9.37 Å². The summed E-state index contributed by atoms with van der Waals surface area (Å²) in [6.45, 7) is 2.12. The van der Waals surface area contributed by atoms with E-state index in [1.165, 1.54) is 12.1 Å². The van der Waals surface area contributed by atoms with Crippen LogP contribution in [0.1, 0.15) is 18.8 Å². The normalized spacial score (nSPS) is 13.2. The Morgan fingerprint density at radius 2 is 2.29 bits per heavy atom. The molecule has 5 heteroatoms. The third-order valence-corrected chi connectivity index (χ3v) is 3.75. The topological polar surface area (TPSA) is 17.8 Å². The van der Waals surface area contributed by atoms with Gasteiger partial charge in [-0.1, -0.05) is 0 Å². The fourth-order valence-electron chi connectivity index (χ4n) is 2.02. The Bertz CT molecular complexity index is 526. The van der Waals surface area contributed by atoms with Gasteiger partial charge in [0.05, 0.1) is 16.9 Å². The van der Waals surface area contributed by atoms with E-state index in [1.54, 1.807) is 17.8 Å². The van der Waals surface area contributed by atoms with Gasteiger partial charge in [-0.2, -0.15) is 11.8 Å². The molecule has 1 atom stereocenters. The number of nitrogens with zero attached hydrogens (tertiary/aromatic N) is 2. The van der Waals surface area contributed by atoms with E-state index in [1.807, 2.05) is 0 Å². The maximum Gasteiger partial charge on any atom is 0.125 e. The molecule has 0 fully saturated rings. The number of hydrogen-bond acceptors (Lipinski definition) is 2. The van der Waals surface area contributed by atoms with Crippen molar-refractivity contribution in [1.29, 1.82) is 0 Å². The Hall–Kier alpha value is -0.740. The van der Waals surface area contributed by atoms with Gasteiger partial charge < -0.3 is 4.57 Å². The van der Waals surface area contributed by atoms with Crippen LogP contribution in [0.3, 0.4) is 0 Å². The van der Waals surface area contributed by atoms with Crippen LogP contribution >= 0.6 is 23.4 Å². The summed E-state index contributed by atoms with van der Waals surface area (Å²) in [5.41, 5.74) is 1.62. The Morgan fingerprint density at radius 1 is 1.53 bits per heavy atom. The van der Waals surface area contributed by atoms with Crippen LogP contribution in [0.5, 0.6) is 0 Å². The van der Waals surface area contributed by atoms with Gasteiger partial charge in [-0.15, -0.1) is 11.6 Å². The molecule has 0 aliphatic heterocycles. The fourth-order valence-corrected chi connectivity index (χ4v) is 2.84. The first-order valence-corrected chi connectivity index (χ1v) is 7.31. The van der Waals surface area contributed by atoms with Crippen LogP contribution in [0.25, 0.3) is 11.0 Å². The van der Waals surface area contributed by atoms with E-state index in [-0.39, 0.29) is 5.82 Å². The zero-order chi connectivity index (χ0) is 12.4. The second-order valence-corrected chi connectivity index (χ2v) is 5.15. The van der Waals surface area contributed by atoms with Crippen molar-refractivity contribution in [2.24, 2.45) is 0 Å². The molecule has 0 amide bonds. The van der Waals surface area contributed by atoms with Crippen molar-refractivity contribution >= 4 is 34.4 Å². The van der Waals surface area contributed by atoms with Crippen molar-refractivity contribution in [2.45, 2.75) is 18.8 Å². The van der Waals surface area contributed by atoms with Gasteiger partial charge in [-0.05, 0) is 25.3 Å². The van der Waals surface area contributed by atoms with Crippen LogP contribution in [0.15, 0.2) is 18.2 Å². The lowest BCUT2D eigenvalue weighted by atomic mass is 10.3. The summed E-state index contributed by atoms with van der Waals surface area (Å²) in [5.74, 6) is 1.86. The number of fused-ring (bicyclic) bond motifs is 1. The number of aromatic nitrogens is 2. The molecular formula is C12H14ClFN2S. The fraction of sp³-hybridized carbons (Fsp3) is 0.417. The van der Waals surface area contributed by atoms with E-state index in [0.717, 1.165) is 17.1 Å². The predicted molar refractivity (Wildman–Crippen MR) is 72.3 cm³/mol. The Balaban J connectivity index is 2.58. The predicted octanol–water partition coefficient (Wildman–Crippen LogP) is 3.84. The van der Waals surface area contributed by atoms with Crippen LogP contribution < -0.4 is 0 Å². The van der Waals surface area contributed by atoms with Gasteiger partial charge in [0.1, 0.15) is 11.6 Å². The number of halogens is 2. The molecule has 1 unspecified atom stereocenters. The highest BCUT2D eigenvalue weighted by molar-refractivity contribution is 7.98. The summed E-state index contributed by atoms with van der Waals surface area (Å²) in [4.78, 5) is 4.38. The number of alkyl halides is 1. The standard InChI is InChI=1S/C12H14ClFN2S/c1-8(7-17-2)16-11-4-3-9(14)5-10(11)15-12(16)6-13/h3-5,8H,6-7H2,1-2H3. The van der Waals surface area contributed by atoms with Gasteiger partial charge in [0, 0.05) is 17.9 Å². The summed E-state index contributed by atoms with van der Waals surface area (Å²) >= 11 is 7.68. The molecule has 17 heavy (non-hydrogen) atoms. The second kappa shape index (κ2) is 5.27. The summed E-state index contributed by atoms with van der Waals surface area (Å²) in [5, 5.41) is 0. The van der Waals surface area contributed by atoms with Crippen molar-refractivity contribution in [3.05, 3.63) is 29.8 Å². The molecule has 0 saturated heterocycles. The first kappa shape index (κ1) is 12.7. The third kappa shape index (κ3) is 2.43. The molecule has 2 aromatic rings. The van der Waals surface area contributed by atoms with Crippen LogP contribution in [0.4, 0.5) is 4.39 Å². The SMILES string of the molecule is CSCC(C)n1c(CCl)nc2cc(F)ccc21. The molecule has 0 radical (unpaired) electrons. The summed E-state index contributed by atoms with van der Waals surface area (Å²) < 4.78 is 15.2. The number of hydrogen-bond donors (Lipinski definition) is 0. The minimum absolute atomic E-state index is 0.263. The minimum atomic E-state index is -0.263. The molecule has 0 bridgehead atoms. The average molecular weight is 273 g/mol. The highest BCUT2D eigenvalue weighted by atomic mass is 35.5. The number of benzene rings is 1. The van der Waals surface area contributed by atoms with E-state index < -0.39 is 0 Å². The third-order valence-electron chi connectivity index (χ3n) is 2.69. The molecule has 1 heterocycles. The Kier molecular flexibility index (Phi) is 3.94. The maximum absolute atomic E-state index is 13.1. The average Bonchev–Trinajstić information content (AvgIpc) is 2.66. The molecule has 2 nitrogen and oxygen atoms in total. The molecule has 0 N–H and O–H groups in total. The zero-order valence-corrected chi connectivity index (χ0v) is 11.4. The van der Waals surface area contributed by atoms with E-state index in [2.05, 4.69) is 22.7 Å². The quantitative estimate of drug-likeness (QED) is 0.787. The minimum Gasteiger partial charge on any atom is -0.323 e. The number of thioether (sulfide) groups is 1. The lowest BCUT2D eigenvalue weighted by molar-refractivity contribution is 0.605. The van der Waals surface area contributed by atoms with Crippen LogP contribution in [-0.2, 0) is 5.88 Å². The molecule has 1 aromatic carbocycles. The number of rotatable bonds is 4. The molecule has 0 spiro atoms. The van der Waals surface area contributed by atoms with Gasteiger partial charge in [0.15, 0.2) is 0 Å². The van der Waals surface area contributed by atoms with E-state index in [4.69, 9.17) is 11.6 Å². The molecule has 1 aromatic heterocycles. The van der Waals surface area contributed by atoms with E-state index in [0.29, 0.717) is 17.4 Å². The van der Waals surface area contributed by atoms with Gasteiger partial charge in [0.25, 0.3) is 0 Å². The van der Waals surface area contributed by atoms with Gasteiger partial charge in [-0.3, -0.25) is 0 Å². The lowest BCUT2D eigenvalue weighted by Gasteiger charge is -2.15. The van der Waals surface area contributed by atoms with Crippen LogP contribution in [-0.4, -0.2) is 21.6 Å². The van der Waals surface area contributed by atoms with E-state index >= 15 is 0 Å². The van der Waals surface area contributed by atoms with Crippen LogP contribution in [0.2, 0.25) is 0 Å². The lowest BCUT2D eigenvalue weighted by Crippen LogP contribution is -2.10. The monoisotopic (exact) mass is 272 g/mol. The van der Waals surface area contributed by atoms with Crippen molar-refractivity contribution in [3.63, 3.8) is 0 Å². The number of imidazole rings is 1. The maximum atomic E-state index is 13.1. The highest BCUT2D eigenvalue weighted by Crippen LogP contribution is 2.24. The molecule has 92 valence electrons. The Labute approximate surface area is 109 Å². The molecule has 2 rings (SSSR count). The molecular weight excluding hydrogens is 259 g/mol. The van der Waals surface area contributed by atoms with Gasteiger partial charge >= 0.3 is 0 Å². The smallest absolute Gasteiger partial charge is 0.125 e. The van der Waals surface area contributed by atoms with E-state index in [9.17, 15) is 4.39 Å². The van der Waals surface area contributed by atoms with Crippen LogP contribution in [0, 0.1) is 5.82 Å². The first-order chi connectivity index (χ1) is 8.17. The largest absolute Gasteiger partial charge is 0.323 e. The summed E-state index contributed by atoms with van der Waals surface area (Å²) in [6.07, 6.45) is 2.07. The van der Waals surface area contributed by atoms with Crippen molar-refractivity contribution in [1.82, 2.24) is 9.55 Å². The second-order valence-electron chi connectivity index (χ2n) is 3.97. The molecule has 0 aliphatic rings. The molecule has 0 aliphatic carbocycles. The zero-order valence-electron chi connectivity index (χ0n) is 9.78. The molecule has 0 saturated carbocycles. The van der Waals surface area contributed by atoms with Gasteiger partial charge in [0.2, 0.25) is 0 Å². The summed E-state index contributed by atoms with van der Waals surface area (Å²) in [7, 11) is 0. The highest BCUT2D eigenvalue weighted by Gasteiger charge is 2.15. The van der Waals surface area contributed by atoms with Crippen molar-refractivity contribution in [3.8, 4) is 0 Å². The van der Waals surface area contributed by atoms with Crippen molar-refractivity contribution in [2.75, 3.05) is 12.0 Å². The van der Waals surface area contributed by atoms with Crippen molar-refractivity contribution < 1.29 is 4.39 Å².